The molecule has 2 fully saturated rings. The van der Waals surface area contributed by atoms with Crippen LogP contribution in [0, 0.1) is 3.57 Å². The highest BCUT2D eigenvalue weighted by Crippen LogP contribution is 2.46. The van der Waals surface area contributed by atoms with Gasteiger partial charge in [0.1, 0.15) is 30.2 Å². The Morgan fingerprint density at radius 3 is 2.12 bits per heavy atom. The average Bonchev–Trinajstić information content (AvgIpc) is 3.70. The van der Waals surface area contributed by atoms with Crippen LogP contribution < -0.4 is 4.90 Å². The Hall–Kier alpha value is -1.64. The standard InChI is InChI=1S/C35H57IN6O5SSi2/c1-23(43)32-37-20-28(48-32)27-19-38-42-31(27)39-30(24-17-25-11-12-26(18-24)41(25)34(44)47-35(2,3)4)29(36)33(42)40(21-45-13-15-49(5,6)7)22-46-14-16-50(8,9)10/h19-20,23-26,43H,11-18,21-22H2,1-10H3/t23?,24-,25-,26+. The number of carbonyl (C=O) groups excluding carboxylic acids is 1. The van der Waals surface area contributed by atoms with Crippen LogP contribution in [0.3, 0.4) is 0 Å². The number of aromatic nitrogens is 4. The predicted molar refractivity (Wildman–Crippen MR) is 215 cm³/mol. The van der Waals surface area contributed by atoms with E-state index in [0.717, 1.165) is 68.9 Å². The number of fused-ring (bicyclic) bond motifs is 3. The first kappa shape index (κ1) is 39.6. The Bertz CT molecular complexity index is 1600. The number of nitrogens with zero attached hydrogens (tertiary/aromatic N) is 6. The smallest absolute Gasteiger partial charge is 0.410 e. The maximum Gasteiger partial charge on any atom is 0.410 e. The first-order valence-corrected chi connectivity index (χ1v) is 27.3. The highest BCUT2D eigenvalue weighted by Gasteiger charge is 2.46. The van der Waals surface area contributed by atoms with E-state index in [0.29, 0.717) is 31.7 Å². The molecule has 3 aromatic rings. The van der Waals surface area contributed by atoms with Crippen LogP contribution in [0.4, 0.5) is 10.6 Å². The molecular weight excluding hydrogens is 800 g/mol. The summed E-state index contributed by atoms with van der Waals surface area (Å²) in [5, 5.41) is 15.8. The highest BCUT2D eigenvalue weighted by molar-refractivity contribution is 14.1. The topological polar surface area (TPSA) is 115 Å². The van der Waals surface area contributed by atoms with Gasteiger partial charge in [-0.15, -0.1) is 11.3 Å². The molecule has 2 saturated heterocycles. The summed E-state index contributed by atoms with van der Waals surface area (Å²) in [6, 6.07) is 2.37. The van der Waals surface area contributed by atoms with Crippen LogP contribution in [0.25, 0.3) is 16.1 Å². The molecule has 0 radical (unpaired) electrons. The van der Waals surface area contributed by atoms with Crippen LogP contribution in [0.2, 0.25) is 51.4 Å². The number of piperidine rings is 1. The minimum Gasteiger partial charge on any atom is -0.444 e. The SMILES string of the molecule is CC(O)c1ncc(-c2cnn3c(N(COCC[Si](C)(C)C)COCC[Si](C)(C)C)c(I)c([C@@H]4C[C@H]5CC[C@@H](C4)N5C(=O)OC(C)(C)C)nc23)s1. The van der Waals surface area contributed by atoms with Gasteiger partial charge in [-0.1, -0.05) is 39.3 Å². The van der Waals surface area contributed by atoms with Crippen molar-refractivity contribution in [2.45, 2.75) is 134 Å². The lowest BCUT2D eigenvalue weighted by Gasteiger charge is -2.39. The van der Waals surface area contributed by atoms with E-state index in [-0.39, 0.29) is 24.1 Å². The lowest BCUT2D eigenvalue weighted by Crippen LogP contribution is -2.48. The van der Waals surface area contributed by atoms with Gasteiger partial charge >= 0.3 is 6.09 Å². The number of thiazole rings is 1. The number of rotatable bonds is 14. The van der Waals surface area contributed by atoms with Gasteiger partial charge in [-0.05, 0) is 88.1 Å². The van der Waals surface area contributed by atoms with Crippen LogP contribution >= 0.6 is 33.9 Å². The molecule has 4 atom stereocenters. The molecule has 5 rings (SSSR count). The highest BCUT2D eigenvalue weighted by atomic mass is 127. The number of hydrogen-bond donors (Lipinski definition) is 1. The molecule has 2 bridgehead atoms. The van der Waals surface area contributed by atoms with Crippen molar-refractivity contribution in [1.82, 2.24) is 24.5 Å². The zero-order chi connectivity index (χ0) is 36.6. The molecule has 2 aliphatic rings. The Morgan fingerprint density at radius 2 is 1.62 bits per heavy atom. The molecule has 0 aliphatic carbocycles. The van der Waals surface area contributed by atoms with Gasteiger partial charge in [0.05, 0.1) is 25.9 Å². The van der Waals surface area contributed by atoms with Crippen molar-refractivity contribution < 1.29 is 24.1 Å². The van der Waals surface area contributed by atoms with Gasteiger partial charge in [0.25, 0.3) is 0 Å². The monoisotopic (exact) mass is 856 g/mol. The zero-order valence-electron chi connectivity index (χ0n) is 31.6. The Balaban J connectivity index is 1.55. The molecular formula is C35H57IN6O5SSi2. The molecule has 1 amide bonds. The number of amides is 1. The van der Waals surface area contributed by atoms with Gasteiger partial charge in [0, 0.05) is 53.6 Å². The molecule has 5 heterocycles. The summed E-state index contributed by atoms with van der Waals surface area (Å²) in [5.74, 6) is 1.06. The number of anilines is 1. The lowest BCUT2D eigenvalue weighted by atomic mass is 9.88. The molecule has 2 aliphatic heterocycles. The summed E-state index contributed by atoms with van der Waals surface area (Å²) >= 11 is 3.91. The molecule has 0 saturated carbocycles. The molecule has 1 unspecified atom stereocenters. The molecule has 3 aromatic heterocycles. The van der Waals surface area contributed by atoms with E-state index in [9.17, 15) is 9.90 Å². The summed E-state index contributed by atoms with van der Waals surface area (Å²) in [7, 11) is -2.56. The van der Waals surface area contributed by atoms with Crippen LogP contribution in [0.1, 0.15) is 76.1 Å². The fourth-order valence-corrected chi connectivity index (χ4v) is 10.1. The van der Waals surface area contributed by atoms with E-state index in [2.05, 4.69) is 71.8 Å². The first-order valence-electron chi connectivity index (χ1n) is 17.9. The molecule has 11 nitrogen and oxygen atoms in total. The number of aliphatic hydroxyl groups is 1. The third-order valence-electron chi connectivity index (χ3n) is 9.25. The van der Waals surface area contributed by atoms with Crippen molar-refractivity contribution >= 4 is 67.6 Å². The van der Waals surface area contributed by atoms with Gasteiger partial charge in [-0.25, -0.2) is 14.8 Å². The first-order chi connectivity index (χ1) is 23.3. The van der Waals surface area contributed by atoms with E-state index in [1.807, 2.05) is 36.4 Å². The summed E-state index contributed by atoms with van der Waals surface area (Å²) in [6.45, 7) is 23.8. The molecule has 50 heavy (non-hydrogen) atoms. The van der Waals surface area contributed by atoms with E-state index in [4.69, 9.17) is 24.3 Å². The van der Waals surface area contributed by atoms with Crippen LogP contribution in [0.15, 0.2) is 12.4 Å². The quantitative estimate of drug-likeness (QED) is 0.0738. The van der Waals surface area contributed by atoms with E-state index in [1.165, 1.54) is 11.3 Å². The van der Waals surface area contributed by atoms with Gasteiger partial charge < -0.3 is 29.1 Å². The van der Waals surface area contributed by atoms with Crippen LogP contribution in [-0.2, 0) is 14.2 Å². The third-order valence-corrected chi connectivity index (χ3v) is 14.9. The molecule has 1 N–H and O–H groups in total. The number of halogens is 1. The lowest BCUT2D eigenvalue weighted by molar-refractivity contribution is 0.00565. The number of carbonyl (C=O) groups is 1. The van der Waals surface area contributed by atoms with Crippen LogP contribution in [-0.4, -0.2) is 96.2 Å². The van der Waals surface area contributed by atoms with Gasteiger partial charge in [-0.2, -0.15) is 9.61 Å². The zero-order valence-corrected chi connectivity index (χ0v) is 36.6. The number of hydrogen-bond acceptors (Lipinski definition) is 10. The Morgan fingerprint density at radius 1 is 1.04 bits per heavy atom. The fraction of sp³-hybridized carbons (Fsp3) is 0.714. The Kier molecular flexibility index (Phi) is 12.5. The summed E-state index contributed by atoms with van der Waals surface area (Å²) < 4.78 is 21.6. The van der Waals surface area contributed by atoms with Gasteiger partial charge in [0.15, 0.2) is 11.5 Å². The third kappa shape index (κ3) is 9.86. The van der Waals surface area contributed by atoms with E-state index < -0.39 is 27.9 Å². The number of aliphatic hydroxyl groups excluding tert-OH is 1. The summed E-state index contributed by atoms with van der Waals surface area (Å²) in [4.78, 5) is 28.3. The predicted octanol–water partition coefficient (Wildman–Crippen LogP) is 8.59. The molecule has 15 heteroatoms. The summed E-state index contributed by atoms with van der Waals surface area (Å²) in [5.41, 5.74) is 2.10. The van der Waals surface area contributed by atoms with Crippen molar-refractivity contribution in [1.29, 1.82) is 0 Å². The molecule has 0 spiro atoms. The maximum atomic E-state index is 13.3. The van der Waals surface area contributed by atoms with Gasteiger partial charge in [0.2, 0.25) is 0 Å². The fourth-order valence-electron chi connectivity index (χ4n) is 6.58. The summed E-state index contributed by atoms with van der Waals surface area (Å²) in [6.07, 6.45) is 6.38. The average molecular weight is 857 g/mol. The van der Waals surface area contributed by atoms with E-state index in [1.54, 1.807) is 13.1 Å². The van der Waals surface area contributed by atoms with Crippen molar-refractivity contribution in [3.63, 3.8) is 0 Å². The second-order valence-corrected chi connectivity index (χ2v) is 30.7. The van der Waals surface area contributed by atoms with Crippen molar-refractivity contribution in [2.75, 3.05) is 31.6 Å². The second kappa shape index (κ2) is 15.8. The normalized spacial score (nSPS) is 20.5. The number of ether oxygens (including phenoxy) is 3. The van der Waals surface area contributed by atoms with Gasteiger partial charge in [-0.3, -0.25) is 0 Å². The van der Waals surface area contributed by atoms with Crippen molar-refractivity contribution in [3.05, 3.63) is 26.7 Å². The van der Waals surface area contributed by atoms with Crippen molar-refractivity contribution in [2.24, 2.45) is 0 Å². The molecule has 0 aromatic carbocycles. The minimum absolute atomic E-state index is 0.108. The molecule has 278 valence electrons. The van der Waals surface area contributed by atoms with Crippen LogP contribution in [0.5, 0.6) is 0 Å². The maximum absolute atomic E-state index is 13.3. The minimum atomic E-state index is -1.28. The Labute approximate surface area is 317 Å². The second-order valence-electron chi connectivity index (χ2n) is 17.3. The largest absolute Gasteiger partial charge is 0.444 e. The van der Waals surface area contributed by atoms with E-state index >= 15 is 0 Å². The van der Waals surface area contributed by atoms with Crippen molar-refractivity contribution in [3.8, 4) is 10.4 Å².